The van der Waals surface area contributed by atoms with Crippen LogP contribution < -0.4 is 15.5 Å². The van der Waals surface area contributed by atoms with Crippen LogP contribution in [0.3, 0.4) is 0 Å². The summed E-state index contributed by atoms with van der Waals surface area (Å²) in [5, 5.41) is 5.38. The van der Waals surface area contributed by atoms with Crippen LogP contribution in [0.25, 0.3) is 0 Å². The average molecular weight is 420 g/mol. The van der Waals surface area contributed by atoms with Crippen molar-refractivity contribution in [1.82, 2.24) is 15.5 Å². The van der Waals surface area contributed by atoms with E-state index >= 15 is 0 Å². The summed E-state index contributed by atoms with van der Waals surface area (Å²) in [7, 11) is 1.56. The molecule has 31 heavy (non-hydrogen) atoms. The van der Waals surface area contributed by atoms with Crippen molar-refractivity contribution in [2.45, 2.75) is 32.0 Å². The number of hydrogen-bond donors (Lipinski definition) is 2. The van der Waals surface area contributed by atoms with Gasteiger partial charge in [0.05, 0.1) is 11.3 Å². The quantitative estimate of drug-likeness (QED) is 0.769. The second-order valence-corrected chi connectivity index (χ2v) is 7.91. The van der Waals surface area contributed by atoms with Gasteiger partial charge in [0, 0.05) is 25.6 Å². The number of anilines is 1. The molecule has 0 radical (unpaired) electrons. The van der Waals surface area contributed by atoms with Crippen LogP contribution in [-0.4, -0.2) is 47.8 Å². The van der Waals surface area contributed by atoms with Gasteiger partial charge in [-0.15, -0.1) is 0 Å². The Labute approximate surface area is 180 Å². The fourth-order valence-corrected chi connectivity index (χ4v) is 4.31. The van der Waals surface area contributed by atoms with Crippen LogP contribution in [0.2, 0.25) is 0 Å². The summed E-state index contributed by atoms with van der Waals surface area (Å²) in [6.45, 7) is 1.89. The van der Waals surface area contributed by atoms with Gasteiger partial charge >= 0.3 is 0 Å². The summed E-state index contributed by atoms with van der Waals surface area (Å²) in [6, 6.07) is 14.0. The lowest BCUT2D eigenvalue weighted by molar-refractivity contribution is -0.124. The molecule has 160 valence electrons. The first-order chi connectivity index (χ1) is 14.8. The summed E-state index contributed by atoms with van der Waals surface area (Å²) in [5.74, 6) is -0.858. The van der Waals surface area contributed by atoms with Crippen molar-refractivity contribution in [3.63, 3.8) is 0 Å². The van der Waals surface area contributed by atoms with Gasteiger partial charge in [0.15, 0.2) is 0 Å². The molecule has 2 aromatic carbocycles. The first-order valence-electron chi connectivity index (χ1n) is 10.2. The number of amides is 4. The largest absolute Gasteiger partial charge is 0.355 e. The third kappa shape index (κ3) is 3.54. The Morgan fingerprint density at radius 1 is 1.10 bits per heavy atom. The van der Waals surface area contributed by atoms with Gasteiger partial charge in [0.25, 0.3) is 11.8 Å². The number of nitrogens with zero attached hydrogens (tertiary/aromatic N) is 2. The van der Waals surface area contributed by atoms with Gasteiger partial charge in [-0.3, -0.25) is 24.1 Å². The van der Waals surface area contributed by atoms with E-state index in [1.54, 1.807) is 54.4 Å². The molecule has 0 spiro atoms. The minimum absolute atomic E-state index is 0.0566. The molecule has 2 aliphatic rings. The SMILES string of the molecule is CNC(=O)c1cccc(CNC(=O)CN2C(=O)c3ccccc3N3C(=O)CCC23C)c1. The van der Waals surface area contributed by atoms with Crippen molar-refractivity contribution in [3.05, 3.63) is 65.2 Å². The number of fused-ring (bicyclic) bond motifs is 3. The van der Waals surface area contributed by atoms with Crippen LogP contribution >= 0.6 is 0 Å². The summed E-state index contributed by atoms with van der Waals surface area (Å²) in [5.41, 5.74) is 1.42. The molecule has 2 heterocycles. The third-order valence-corrected chi connectivity index (χ3v) is 5.95. The van der Waals surface area contributed by atoms with Crippen LogP contribution in [0.15, 0.2) is 48.5 Å². The Morgan fingerprint density at radius 2 is 1.87 bits per heavy atom. The molecule has 2 N–H and O–H groups in total. The second-order valence-electron chi connectivity index (χ2n) is 7.91. The summed E-state index contributed by atoms with van der Waals surface area (Å²) in [6.07, 6.45) is 0.788. The summed E-state index contributed by atoms with van der Waals surface area (Å²) < 4.78 is 0. The minimum Gasteiger partial charge on any atom is -0.355 e. The van der Waals surface area contributed by atoms with Crippen molar-refractivity contribution in [1.29, 1.82) is 0 Å². The van der Waals surface area contributed by atoms with E-state index in [2.05, 4.69) is 10.6 Å². The lowest BCUT2D eigenvalue weighted by Gasteiger charge is -2.48. The Hall–Kier alpha value is -3.68. The minimum atomic E-state index is -0.876. The first-order valence-corrected chi connectivity index (χ1v) is 10.2. The number of benzene rings is 2. The number of rotatable bonds is 5. The van der Waals surface area contributed by atoms with Gasteiger partial charge in [0.2, 0.25) is 11.8 Å². The molecule has 0 saturated carbocycles. The topological polar surface area (TPSA) is 98.8 Å². The zero-order valence-electron chi connectivity index (χ0n) is 17.5. The van der Waals surface area contributed by atoms with E-state index in [0.717, 1.165) is 5.56 Å². The number of carbonyl (C=O) groups is 4. The summed E-state index contributed by atoms with van der Waals surface area (Å²) in [4.78, 5) is 53.5. The number of carbonyl (C=O) groups excluding carboxylic acids is 4. The highest BCUT2D eigenvalue weighted by atomic mass is 16.2. The predicted octanol–water partition coefficient (Wildman–Crippen LogP) is 1.66. The van der Waals surface area contributed by atoms with Crippen molar-refractivity contribution < 1.29 is 19.2 Å². The number of para-hydroxylation sites is 1. The van der Waals surface area contributed by atoms with Crippen LogP contribution in [0.4, 0.5) is 5.69 Å². The molecular formula is C23H24N4O4. The van der Waals surface area contributed by atoms with Gasteiger partial charge in [-0.05, 0) is 43.2 Å². The van der Waals surface area contributed by atoms with Crippen LogP contribution in [0.1, 0.15) is 46.0 Å². The fourth-order valence-electron chi connectivity index (χ4n) is 4.31. The van der Waals surface area contributed by atoms with Gasteiger partial charge in [-0.1, -0.05) is 24.3 Å². The van der Waals surface area contributed by atoms with Crippen molar-refractivity contribution in [2.75, 3.05) is 18.5 Å². The highest BCUT2D eigenvalue weighted by Crippen LogP contribution is 2.43. The fraction of sp³-hybridized carbons (Fsp3) is 0.304. The zero-order valence-corrected chi connectivity index (χ0v) is 17.5. The van der Waals surface area contributed by atoms with Gasteiger partial charge < -0.3 is 15.5 Å². The molecule has 2 aliphatic heterocycles. The highest BCUT2D eigenvalue weighted by Gasteiger charge is 2.53. The average Bonchev–Trinajstić information content (AvgIpc) is 3.10. The van der Waals surface area contributed by atoms with Crippen molar-refractivity contribution in [2.24, 2.45) is 0 Å². The Bertz CT molecular complexity index is 1080. The molecular weight excluding hydrogens is 396 g/mol. The van der Waals surface area contributed by atoms with E-state index in [4.69, 9.17) is 0 Å². The number of nitrogens with one attached hydrogen (secondary N) is 2. The van der Waals surface area contributed by atoms with Crippen molar-refractivity contribution in [3.8, 4) is 0 Å². The molecule has 1 atom stereocenters. The maximum atomic E-state index is 13.2. The molecule has 8 heteroatoms. The van der Waals surface area contributed by atoms with Gasteiger partial charge in [-0.2, -0.15) is 0 Å². The molecule has 4 amide bonds. The molecule has 1 unspecified atom stereocenters. The van der Waals surface area contributed by atoms with Gasteiger partial charge in [-0.25, -0.2) is 0 Å². The monoisotopic (exact) mass is 420 g/mol. The standard InChI is InChI=1S/C23H24N4O4/c1-23-11-10-20(29)27(23)18-9-4-3-8-17(18)22(31)26(23)14-19(28)25-13-15-6-5-7-16(12-15)21(30)24-2/h3-9,12H,10-11,13-14H2,1-2H3,(H,24,30)(H,25,28). The first kappa shape index (κ1) is 20.6. The van der Waals surface area contributed by atoms with E-state index in [9.17, 15) is 19.2 Å². The van der Waals surface area contributed by atoms with Crippen LogP contribution in [0, 0.1) is 0 Å². The van der Waals surface area contributed by atoms with Gasteiger partial charge in [0.1, 0.15) is 12.2 Å². The Kier molecular flexibility index (Phi) is 5.22. The molecule has 8 nitrogen and oxygen atoms in total. The smallest absolute Gasteiger partial charge is 0.258 e. The van der Waals surface area contributed by atoms with Crippen molar-refractivity contribution >= 4 is 29.3 Å². The molecule has 1 saturated heterocycles. The lowest BCUT2D eigenvalue weighted by Crippen LogP contribution is -2.63. The maximum Gasteiger partial charge on any atom is 0.258 e. The molecule has 0 bridgehead atoms. The summed E-state index contributed by atoms with van der Waals surface area (Å²) >= 11 is 0. The Balaban J connectivity index is 1.51. The zero-order chi connectivity index (χ0) is 22.2. The normalized spacial score (nSPS) is 19.7. The predicted molar refractivity (Wildman–Crippen MR) is 114 cm³/mol. The van der Waals surface area contributed by atoms with E-state index in [1.165, 1.54) is 4.90 Å². The molecule has 4 rings (SSSR count). The molecule has 0 aromatic heterocycles. The highest BCUT2D eigenvalue weighted by molar-refractivity contribution is 6.11. The second kappa shape index (κ2) is 7.86. The van der Waals surface area contributed by atoms with E-state index in [0.29, 0.717) is 29.7 Å². The molecule has 0 aliphatic carbocycles. The number of hydrogen-bond acceptors (Lipinski definition) is 4. The maximum absolute atomic E-state index is 13.2. The van der Waals surface area contributed by atoms with Crippen LogP contribution in [0.5, 0.6) is 0 Å². The lowest BCUT2D eigenvalue weighted by atomic mass is 9.98. The molecule has 2 aromatic rings. The van der Waals surface area contributed by atoms with E-state index in [-0.39, 0.29) is 36.7 Å². The molecule has 1 fully saturated rings. The van der Waals surface area contributed by atoms with E-state index in [1.807, 2.05) is 13.0 Å². The Morgan fingerprint density at radius 3 is 2.65 bits per heavy atom. The third-order valence-electron chi connectivity index (χ3n) is 5.95. The van der Waals surface area contributed by atoms with Crippen LogP contribution in [-0.2, 0) is 16.1 Å². The van der Waals surface area contributed by atoms with E-state index < -0.39 is 5.66 Å².